The molecule has 33 heavy (non-hydrogen) atoms. The molecule has 2 aromatic heterocycles. The third kappa shape index (κ3) is 6.01. The van der Waals surface area contributed by atoms with Gasteiger partial charge in [0, 0.05) is 50.0 Å². The molecule has 0 saturated carbocycles. The predicted octanol–water partition coefficient (Wildman–Crippen LogP) is 2.07. The van der Waals surface area contributed by atoms with Crippen LogP contribution in [0.15, 0.2) is 36.5 Å². The Balaban J connectivity index is 1.91. The number of hydrogen-bond acceptors (Lipinski definition) is 6. The van der Waals surface area contributed by atoms with Crippen molar-refractivity contribution in [3.05, 3.63) is 47.8 Å². The lowest BCUT2D eigenvalue weighted by atomic mass is 10.2. The van der Waals surface area contributed by atoms with Crippen molar-refractivity contribution in [3.63, 3.8) is 0 Å². The summed E-state index contributed by atoms with van der Waals surface area (Å²) in [5.74, 6) is 0.686. The van der Waals surface area contributed by atoms with E-state index in [1.807, 2.05) is 60.6 Å². The number of rotatable bonds is 11. The van der Waals surface area contributed by atoms with E-state index in [9.17, 15) is 13.2 Å². The van der Waals surface area contributed by atoms with E-state index in [0.717, 1.165) is 16.7 Å². The van der Waals surface area contributed by atoms with Gasteiger partial charge in [-0.05, 0) is 37.6 Å². The molecular formula is C22H29N5O5S. The number of methoxy groups -OCH3 is 1. The molecule has 3 aromatic rings. The maximum atomic E-state index is 12.2. The van der Waals surface area contributed by atoms with Crippen LogP contribution >= 0.6 is 0 Å². The van der Waals surface area contributed by atoms with Crippen LogP contribution in [0.25, 0.3) is 22.8 Å². The van der Waals surface area contributed by atoms with Gasteiger partial charge in [-0.15, -0.1) is 0 Å². The summed E-state index contributed by atoms with van der Waals surface area (Å²) in [6, 6.07) is 7.77. The van der Waals surface area contributed by atoms with Crippen molar-refractivity contribution >= 4 is 33.1 Å². The van der Waals surface area contributed by atoms with Gasteiger partial charge in [0.25, 0.3) is 5.91 Å². The van der Waals surface area contributed by atoms with E-state index in [1.165, 1.54) is 6.08 Å². The minimum atomic E-state index is -3.90. The molecular weight excluding hydrogens is 446 g/mol. The molecule has 0 unspecified atom stereocenters. The molecule has 0 atom stereocenters. The van der Waals surface area contributed by atoms with Crippen LogP contribution in [0.3, 0.4) is 0 Å². The first kappa shape index (κ1) is 24.5. The Kier molecular flexibility index (Phi) is 7.90. The smallest absolute Gasteiger partial charge is 0.301 e. The summed E-state index contributed by atoms with van der Waals surface area (Å²) in [6.45, 7) is 4.82. The van der Waals surface area contributed by atoms with Crippen LogP contribution in [0.2, 0.25) is 0 Å². The molecule has 1 amide bonds. The van der Waals surface area contributed by atoms with Crippen LogP contribution in [-0.4, -0.2) is 55.5 Å². The van der Waals surface area contributed by atoms with Crippen molar-refractivity contribution in [3.8, 4) is 11.6 Å². The van der Waals surface area contributed by atoms with Gasteiger partial charge in [-0.1, -0.05) is 6.92 Å². The average molecular weight is 476 g/mol. The Hall–Kier alpha value is -3.15. The number of fused-ring (bicyclic) bond motifs is 1. The summed E-state index contributed by atoms with van der Waals surface area (Å²) < 4.78 is 42.5. The second-order valence-electron chi connectivity index (χ2n) is 7.39. The highest BCUT2D eigenvalue weighted by molar-refractivity contribution is 7.88. The van der Waals surface area contributed by atoms with Crippen molar-refractivity contribution in [2.45, 2.75) is 20.3 Å². The fraction of sp³-hybridized carbons (Fsp3) is 0.364. The third-order valence-corrected chi connectivity index (χ3v) is 5.92. The maximum Gasteiger partial charge on any atom is 0.301 e. The van der Waals surface area contributed by atoms with Gasteiger partial charge in [0.2, 0.25) is 0 Å². The zero-order chi connectivity index (χ0) is 24.0. The summed E-state index contributed by atoms with van der Waals surface area (Å²) in [5.41, 5.74) is 2.28. The van der Waals surface area contributed by atoms with Gasteiger partial charge in [-0.3, -0.25) is 9.48 Å². The van der Waals surface area contributed by atoms with Gasteiger partial charge in [0.15, 0.2) is 0 Å². The number of carbonyl (C=O) groups excluding carboxylic acids is 1. The lowest BCUT2D eigenvalue weighted by Crippen LogP contribution is -2.39. The molecule has 1 aromatic carbocycles. The second kappa shape index (κ2) is 10.6. The molecule has 0 aliphatic heterocycles. The lowest BCUT2D eigenvalue weighted by Gasteiger charge is -2.10. The average Bonchev–Trinajstić information content (AvgIpc) is 3.29. The van der Waals surface area contributed by atoms with Crippen LogP contribution in [0.1, 0.15) is 24.6 Å². The van der Waals surface area contributed by atoms with E-state index in [2.05, 4.69) is 9.82 Å². The molecule has 10 nitrogen and oxygen atoms in total. The number of aromatic nitrogens is 3. The molecule has 0 spiro atoms. The van der Waals surface area contributed by atoms with Crippen molar-refractivity contribution in [1.82, 2.24) is 23.8 Å². The Bertz CT molecular complexity index is 1260. The fourth-order valence-electron chi connectivity index (χ4n) is 3.37. The summed E-state index contributed by atoms with van der Waals surface area (Å²) in [4.78, 5) is 12.2. The number of hydrogen-bond donors (Lipinski definition) is 2. The standard InChI is InChI=1S/C22H29N5O5S/c1-5-11-23-33(29,30)25-21(28)9-8-19-16(2)24-26(3)22(19)27-12-10-17-6-7-18(15-20(17)27)32-14-13-31-4/h6-10,12,15,23H,5,11,13-14H2,1-4H3,(H,25,28)/b9-8+. The Morgan fingerprint density at radius 3 is 2.76 bits per heavy atom. The maximum absolute atomic E-state index is 12.2. The molecule has 2 heterocycles. The quantitative estimate of drug-likeness (QED) is 0.324. The highest BCUT2D eigenvalue weighted by atomic mass is 32.2. The first-order chi connectivity index (χ1) is 15.8. The molecule has 0 bridgehead atoms. The normalized spacial score (nSPS) is 12.0. The minimum Gasteiger partial charge on any atom is -0.491 e. The number of aryl methyl sites for hydroxylation is 2. The summed E-state index contributed by atoms with van der Waals surface area (Å²) in [5, 5.41) is 5.49. The Morgan fingerprint density at radius 2 is 2.03 bits per heavy atom. The second-order valence-corrected chi connectivity index (χ2v) is 8.89. The first-order valence-electron chi connectivity index (χ1n) is 10.5. The van der Waals surface area contributed by atoms with Crippen LogP contribution in [0.5, 0.6) is 5.75 Å². The number of nitrogens with one attached hydrogen (secondary N) is 2. The number of carbonyl (C=O) groups is 1. The molecule has 3 rings (SSSR count). The Morgan fingerprint density at radius 1 is 1.24 bits per heavy atom. The molecule has 178 valence electrons. The zero-order valence-electron chi connectivity index (χ0n) is 19.2. The summed E-state index contributed by atoms with van der Waals surface area (Å²) in [6.07, 6.45) is 5.28. The molecule has 11 heteroatoms. The van der Waals surface area contributed by atoms with Gasteiger partial charge in [-0.25, -0.2) is 4.72 Å². The van der Waals surface area contributed by atoms with Crippen LogP contribution in [0.4, 0.5) is 0 Å². The predicted molar refractivity (Wildman–Crippen MR) is 127 cm³/mol. The molecule has 0 saturated heterocycles. The van der Waals surface area contributed by atoms with Gasteiger partial charge in [-0.2, -0.15) is 18.2 Å². The van der Waals surface area contributed by atoms with Gasteiger partial charge in [0.05, 0.1) is 17.8 Å². The van der Waals surface area contributed by atoms with Crippen LogP contribution < -0.4 is 14.2 Å². The third-order valence-electron chi connectivity index (χ3n) is 4.86. The number of ether oxygens (including phenoxy) is 2. The Labute approximate surface area is 193 Å². The largest absolute Gasteiger partial charge is 0.491 e. The minimum absolute atomic E-state index is 0.246. The highest BCUT2D eigenvalue weighted by Crippen LogP contribution is 2.28. The number of benzene rings is 1. The van der Waals surface area contributed by atoms with Crippen molar-refractivity contribution in [2.24, 2.45) is 7.05 Å². The van der Waals surface area contributed by atoms with E-state index >= 15 is 0 Å². The molecule has 0 aliphatic carbocycles. The number of nitrogens with zero attached hydrogens (tertiary/aromatic N) is 3. The lowest BCUT2D eigenvalue weighted by molar-refractivity contribution is -0.114. The topological polar surface area (TPSA) is 116 Å². The molecule has 2 N–H and O–H groups in total. The summed E-state index contributed by atoms with van der Waals surface area (Å²) in [7, 11) is -0.469. The van der Waals surface area contributed by atoms with E-state index in [-0.39, 0.29) is 6.54 Å². The van der Waals surface area contributed by atoms with Gasteiger partial charge >= 0.3 is 10.2 Å². The van der Waals surface area contributed by atoms with Gasteiger partial charge < -0.3 is 14.0 Å². The van der Waals surface area contributed by atoms with Crippen LogP contribution in [0, 0.1) is 6.92 Å². The van der Waals surface area contributed by atoms with Crippen molar-refractivity contribution in [2.75, 3.05) is 26.9 Å². The van der Waals surface area contributed by atoms with E-state index in [4.69, 9.17) is 9.47 Å². The van der Waals surface area contributed by atoms with Crippen molar-refractivity contribution < 1.29 is 22.7 Å². The van der Waals surface area contributed by atoms with E-state index in [1.54, 1.807) is 17.9 Å². The summed E-state index contributed by atoms with van der Waals surface area (Å²) >= 11 is 0. The zero-order valence-corrected chi connectivity index (χ0v) is 20.0. The van der Waals surface area contributed by atoms with E-state index in [0.29, 0.717) is 36.6 Å². The number of amides is 1. The molecule has 0 aliphatic rings. The monoisotopic (exact) mass is 475 g/mol. The van der Waals surface area contributed by atoms with Crippen LogP contribution in [-0.2, 0) is 26.8 Å². The molecule has 0 fully saturated rings. The first-order valence-corrected chi connectivity index (χ1v) is 12.0. The SMILES string of the molecule is CCCNS(=O)(=O)NC(=O)/C=C/c1c(C)nn(C)c1-n1ccc2ccc(OCCOC)cc21. The highest BCUT2D eigenvalue weighted by Gasteiger charge is 2.17. The van der Waals surface area contributed by atoms with E-state index < -0.39 is 16.1 Å². The molecule has 0 radical (unpaired) electrons. The van der Waals surface area contributed by atoms with Gasteiger partial charge in [0.1, 0.15) is 18.2 Å². The van der Waals surface area contributed by atoms with Crippen molar-refractivity contribution in [1.29, 1.82) is 0 Å². The fourth-order valence-corrected chi connectivity index (χ4v) is 4.24.